The maximum atomic E-state index is 11.3. The van der Waals surface area contributed by atoms with Crippen LogP contribution in [0.4, 0.5) is 0 Å². The summed E-state index contributed by atoms with van der Waals surface area (Å²) in [6.07, 6.45) is 7.28. The molecule has 1 aromatic carbocycles. The number of nitrogens with zero attached hydrogens (tertiary/aromatic N) is 2. The van der Waals surface area contributed by atoms with E-state index < -0.39 is 11.9 Å². The van der Waals surface area contributed by atoms with E-state index in [9.17, 15) is 14.7 Å². The summed E-state index contributed by atoms with van der Waals surface area (Å²) in [5.74, 6) is -2.13. The largest absolute Gasteiger partial charge is 0.478 e. The Bertz CT molecular complexity index is 660. The third-order valence-corrected chi connectivity index (χ3v) is 2.69. The Morgan fingerprint density at radius 2 is 2.10 bits per heavy atom. The molecule has 2 rings (SSSR count). The molecule has 0 fully saturated rings. The Kier molecular flexibility index (Phi) is 3.95. The maximum absolute atomic E-state index is 11.3. The van der Waals surface area contributed by atoms with Crippen LogP contribution in [-0.4, -0.2) is 31.7 Å². The fourth-order valence-corrected chi connectivity index (χ4v) is 1.78. The van der Waals surface area contributed by atoms with Gasteiger partial charge in [-0.15, -0.1) is 0 Å². The van der Waals surface area contributed by atoms with Crippen LogP contribution < -0.4 is 0 Å². The number of imidazole rings is 1. The highest BCUT2D eigenvalue weighted by Gasteiger charge is 2.10. The summed E-state index contributed by atoms with van der Waals surface area (Å²) in [4.78, 5) is 25.6. The van der Waals surface area contributed by atoms with E-state index in [-0.39, 0.29) is 5.56 Å². The highest BCUT2D eigenvalue weighted by atomic mass is 16.4. The van der Waals surface area contributed by atoms with Crippen molar-refractivity contribution in [2.45, 2.75) is 6.54 Å². The lowest BCUT2D eigenvalue weighted by Gasteiger charge is -2.08. The average molecular weight is 272 g/mol. The van der Waals surface area contributed by atoms with Crippen LogP contribution in [0.5, 0.6) is 0 Å². The number of hydrogen-bond donors (Lipinski definition) is 2. The van der Waals surface area contributed by atoms with Crippen molar-refractivity contribution >= 4 is 18.0 Å². The first-order valence-electron chi connectivity index (χ1n) is 5.79. The minimum Gasteiger partial charge on any atom is -0.478 e. The van der Waals surface area contributed by atoms with Gasteiger partial charge in [0.2, 0.25) is 0 Å². The van der Waals surface area contributed by atoms with Crippen LogP contribution in [0, 0.1) is 0 Å². The molecular formula is C14H12N2O4. The molecule has 2 N–H and O–H groups in total. The summed E-state index contributed by atoms with van der Waals surface area (Å²) in [5.41, 5.74) is 1.30. The van der Waals surface area contributed by atoms with Crippen molar-refractivity contribution in [1.82, 2.24) is 9.55 Å². The Morgan fingerprint density at radius 3 is 2.70 bits per heavy atom. The summed E-state index contributed by atoms with van der Waals surface area (Å²) >= 11 is 0. The van der Waals surface area contributed by atoms with E-state index in [4.69, 9.17) is 5.11 Å². The maximum Gasteiger partial charge on any atom is 0.336 e. The fourth-order valence-electron chi connectivity index (χ4n) is 1.78. The summed E-state index contributed by atoms with van der Waals surface area (Å²) in [6.45, 7) is 0.393. The van der Waals surface area contributed by atoms with Crippen molar-refractivity contribution in [1.29, 1.82) is 0 Å². The normalized spacial score (nSPS) is 10.8. The summed E-state index contributed by atoms with van der Waals surface area (Å²) in [7, 11) is 0. The molecule has 1 aromatic heterocycles. The van der Waals surface area contributed by atoms with E-state index in [0.717, 1.165) is 6.08 Å². The Balaban J connectivity index is 2.33. The molecule has 0 aliphatic rings. The first-order valence-corrected chi connectivity index (χ1v) is 5.79. The van der Waals surface area contributed by atoms with Crippen molar-refractivity contribution in [3.63, 3.8) is 0 Å². The molecule has 20 heavy (non-hydrogen) atoms. The van der Waals surface area contributed by atoms with Crippen molar-refractivity contribution in [3.8, 4) is 0 Å². The molecule has 0 saturated heterocycles. The minimum absolute atomic E-state index is 0.145. The summed E-state index contributed by atoms with van der Waals surface area (Å²) in [5, 5.41) is 17.8. The van der Waals surface area contributed by atoms with Gasteiger partial charge >= 0.3 is 11.9 Å². The fraction of sp³-hybridized carbons (Fsp3) is 0.0714. The molecule has 0 radical (unpaired) electrons. The standard InChI is InChI=1S/C14H12N2O4/c17-13(18)4-2-10-1-3-11(12(7-10)14(19)20)8-16-6-5-15-9-16/h1-7,9H,8H2,(H,17,18)(H,19,20). The molecule has 0 bridgehead atoms. The van der Waals surface area contributed by atoms with Gasteiger partial charge in [0.1, 0.15) is 0 Å². The van der Waals surface area contributed by atoms with Crippen molar-refractivity contribution in [2.75, 3.05) is 0 Å². The molecule has 0 atom stereocenters. The van der Waals surface area contributed by atoms with Gasteiger partial charge in [0, 0.05) is 25.0 Å². The van der Waals surface area contributed by atoms with Gasteiger partial charge in [-0.05, 0) is 23.3 Å². The lowest BCUT2D eigenvalue weighted by molar-refractivity contribution is -0.131. The molecule has 6 nitrogen and oxygen atoms in total. The van der Waals surface area contributed by atoms with E-state index in [1.165, 1.54) is 12.1 Å². The molecule has 102 valence electrons. The van der Waals surface area contributed by atoms with E-state index in [1.807, 2.05) is 0 Å². The third-order valence-electron chi connectivity index (χ3n) is 2.69. The molecular weight excluding hydrogens is 260 g/mol. The number of aromatic carboxylic acids is 1. The number of carboxylic acid groups (broad SMARTS) is 2. The zero-order valence-corrected chi connectivity index (χ0v) is 10.4. The second kappa shape index (κ2) is 5.83. The zero-order chi connectivity index (χ0) is 14.5. The van der Waals surface area contributed by atoms with Gasteiger partial charge in [-0.3, -0.25) is 0 Å². The smallest absolute Gasteiger partial charge is 0.336 e. The van der Waals surface area contributed by atoms with Crippen LogP contribution in [0.15, 0.2) is 43.0 Å². The first kappa shape index (κ1) is 13.5. The number of benzene rings is 1. The molecule has 0 aliphatic carbocycles. The lowest BCUT2D eigenvalue weighted by atomic mass is 10.0. The van der Waals surface area contributed by atoms with E-state index in [0.29, 0.717) is 17.7 Å². The van der Waals surface area contributed by atoms with Crippen LogP contribution in [0.3, 0.4) is 0 Å². The summed E-state index contributed by atoms with van der Waals surface area (Å²) in [6, 6.07) is 4.80. The van der Waals surface area contributed by atoms with Crippen LogP contribution in [0.25, 0.3) is 6.08 Å². The highest BCUT2D eigenvalue weighted by molar-refractivity contribution is 5.91. The molecule has 0 unspecified atom stereocenters. The number of hydrogen-bond acceptors (Lipinski definition) is 3. The monoisotopic (exact) mass is 272 g/mol. The molecule has 1 heterocycles. The lowest BCUT2D eigenvalue weighted by Crippen LogP contribution is -2.06. The van der Waals surface area contributed by atoms with Crippen molar-refractivity contribution in [3.05, 3.63) is 59.7 Å². The molecule has 2 aromatic rings. The van der Waals surface area contributed by atoms with Crippen molar-refractivity contribution in [2.24, 2.45) is 0 Å². The topological polar surface area (TPSA) is 92.4 Å². The van der Waals surface area contributed by atoms with E-state index in [1.54, 1.807) is 35.4 Å². The van der Waals surface area contributed by atoms with Gasteiger partial charge in [0.05, 0.1) is 11.9 Å². The van der Waals surface area contributed by atoms with Gasteiger partial charge in [0.25, 0.3) is 0 Å². The first-order chi connectivity index (χ1) is 9.56. The van der Waals surface area contributed by atoms with Crippen LogP contribution in [0.2, 0.25) is 0 Å². The third kappa shape index (κ3) is 3.32. The Morgan fingerprint density at radius 1 is 1.30 bits per heavy atom. The number of aromatic nitrogens is 2. The van der Waals surface area contributed by atoms with E-state index >= 15 is 0 Å². The Hall–Kier alpha value is -2.89. The molecule has 0 amide bonds. The second-order valence-electron chi connectivity index (χ2n) is 4.13. The zero-order valence-electron chi connectivity index (χ0n) is 10.4. The van der Waals surface area contributed by atoms with Gasteiger partial charge in [0.15, 0.2) is 0 Å². The van der Waals surface area contributed by atoms with Gasteiger partial charge in [-0.2, -0.15) is 0 Å². The number of carbonyl (C=O) groups is 2. The van der Waals surface area contributed by atoms with Gasteiger partial charge in [-0.25, -0.2) is 14.6 Å². The Labute approximate surface area is 114 Å². The van der Waals surface area contributed by atoms with Gasteiger partial charge < -0.3 is 14.8 Å². The molecule has 0 aliphatic heterocycles. The quantitative estimate of drug-likeness (QED) is 0.808. The minimum atomic E-state index is -1.08. The highest BCUT2D eigenvalue weighted by Crippen LogP contribution is 2.15. The number of aliphatic carboxylic acids is 1. The molecule has 0 spiro atoms. The molecule has 6 heteroatoms. The number of rotatable bonds is 5. The number of carboxylic acids is 2. The van der Waals surface area contributed by atoms with E-state index in [2.05, 4.69) is 4.98 Å². The van der Waals surface area contributed by atoms with Crippen molar-refractivity contribution < 1.29 is 19.8 Å². The summed E-state index contributed by atoms with van der Waals surface area (Å²) < 4.78 is 1.76. The second-order valence-corrected chi connectivity index (χ2v) is 4.13. The van der Waals surface area contributed by atoms with Gasteiger partial charge in [-0.1, -0.05) is 12.1 Å². The predicted molar refractivity (Wildman–Crippen MR) is 71.4 cm³/mol. The SMILES string of the molecule is O=C(O)C=Cc1ccc(Cn2ccnc2)c(C(=O)O)c1. The van der Waals surface area contributed by atoms with Crippen LogP contribution in [-0.2, 0) is 11.3 Å². The average Bonchev–Trinajstić information content (AvgIpc) is 2.90. The van der Waals surface area contributed by atoms with Crippen LogP contribution >= 0.6 is 0 Å². The molecule has 0 saturated carbocycles. The predicted octanol–water partition coefficient (Wildman–Crippen LogP) is 1.73. The van der Waals surface area contributed by atoms with Crippen LogP contribution in [0.1, 0.15) is 21.5 Å².